The molecule has 0 N–H and O–H groups in total. The molecule has 3 aliphatic heterocycles. The van der Waals surface area contributed by atoms with Crippen molar-refractivity contribution in [3.05, 3.63) is 0 Å². The van der Waals surface area contributed by atoms with Gasteiger partial charge in [0.15, 0.2) is 0 Å². The fourth-order valence-corrected chi connectivity index (χ4v) is 6.97. The third-order valence-corrected chi connectivity index (χ3v) is 9.29. The highest BCUT2D eigenvalue weighted by Crippen LogP contribution is 2.50. The Morgan fingerprint density at radius 1 is 0.875 bits per heavy atom. The molecule has 0 aromatic heterocycles. The summed E-state index contributed by atoms with van der Waals surface area (Å²) in [5.74, 6) is -11.4. The van der Waals surface area contributed by atoms with Crippen LogP contribution in [-0.2, 0) is 13.3 Å². The highest BCUT2D eigenvalue weighted by molar-refractivity contribution is 14.1. The van der Waals surface area contributed by atoms with Crippen LogP contribution in [0.4, 0.5) is 30.7 Å². The minimum atomic E-state index is -6.35. The van der Waals surface area contributed by atoms with Gasteiger partial charge in [-0.25, -0.2) is 0 Å². The van der Waals surface area contributed by atoms with Gasteiger partial charge in [-0.1, -0.05) is 22.6 Å². The molecule has 0 radical (unpaired) electrons. The number of fused-ring (bicyclic) bond motifs is 6. The van der Waals surface area contributed by atoms with Crippen LogP contribution in [0.1, 0.15) is 6.42 Å². The zero-order valence-electron chi connectivity index (χ0n) is 12.2. The summed E-state index contributed by atoms with van der Waals surface area (Å²) in [5.41, 5.74) is 0. The summed E-state index contributed by atoms with van der Waals surface area (Å²) in [6.07, 6.45) is -8.10. The maximum Gasteiger partial charge on any atom is 0.514 e. The van der Waals surface area contributed by atoms with Gasteiger partial charge in [0.2, 0.25) is 0 Å². The Labute approximate surface area is 148 Å². The van der Waals surface area contributed by atoms with Gasteiger partial charge in [-0.2, -0.15) is 30.7 Å². The highest BCUT2D eigenvalue weighted by Gasteiger charge is 2.74. The Morgan fingerprint density at radius 3 is 1.67 bits per heavy atom. The maximum absolute atomic E-state index is 13.7. The van der Waals surface area contributed by atoms with E-state index in [-0.39, 0.29) is 19.8 Å². The molecule has 3 saturated heterocycles. The van der Waals surface area contributed by atoms with Crippen LogP contribution in [0.3, 0.4) is 0 Å². The van der Waals surface area contributed by atoms with E-state index in [1.807, 2.05) is 4.90 Å². The fraction of sp³-hybridized carbons (Fsp3) is 1.00. The van der Waals surface area contributed by atoms with Crippen molar-refractivity contribution in [1.29, 1.82) is 0 Å². The van der Waals surface area contributed by atoms with Crippen LogP contribution in [-0.4, -0.2) is 74.7 Å². The molecule has 3 fully saturated rings. The van der Waals surface area contributed by atoms with Gasteiger partial charge in [0.1, 0.15) is 0 Å². The lowest BCUT2D eigenvalue weighted by atomic mass is 10.1. The normalized spacial score (nSPS) is 31.2. The maximum atomic E-state index is 13.7. The van der Waals surface area contributed by atoms with Gasteiger partial charge >= 0.3 is 26.8 Å². The van der Waals surface area contributed by atoms with E-state index < -0.39 is 36.8 Å². The highest BCUT2D eigenvalue weighted by atomic mass is 127. The van der Waals surface area contributed by atoms with Gasteiger partial charge in [0, 0.05) is 26.1 Å². The topological polar surface area (TPSA) is 30.9 Å². The van der Waals surface area contributed by atoms with Crippen molar-refractivity contribution in [1.82, 2.24) is 4.90 Å². The van der Waals surface area contributed by atoms with Gasteiger partial charge in [0.25, 0.3) is 0 Å². The molecule has 142 valence electrons. The molecule has 4 nitrogen and oxygen atoms in total. The molecular formula is C11H15F7INO3Si. The molecule has 13 heteroatoms. The van der Waals surface area contributed by atoms with Crippen molar-refractivity contribution in [2.75, 3.05) is 39.5 Å². The SMILES string of the molecule is FC(F)(F)C(F)(F)C(F)(F)CC(I)[Si]12OCCN(CCO1)CCO2. The largest absolute Gasteiger partial charge is 0.514 e. The Kier molecular flexibility index (Phi) is 6.12. The molecule has 2 bridgehead atoms. The quantitative estimate of drug-likeness (QED) is 0.259. The van der Waals surface area contributed by atoms with E-state index in [4.69, 9.17) is 13.3 Å². The summed E-state index contributed by atoms with van der Waals surface area (Å²) >= 11 is 1.37. The van der Waals surface area contributed by atoms with Crippen LogP contribution in [0.2, 0.25) is 0 Å². The van der Waals surface area contributed by atoms with E-state index in [1.54, 1.807) is 0 Å². The first kappa shape index (κ1) is 20.6. The van der Waals surface area contributed by atoms with E-state index in [2.05, 4.69) is 0 Å². The van der Waals surface area contributed by atoms with E-state index >= 15 is 0 Å². The molecular weight excluding hydrogens is 482 g/mol. The second kappa shape index (κ2) is 7.13. The predicted molar refractivity (Wildman–Crippen MR) is 78.4 cm³/mol. The number of nitrogens with zero attached hydrogens (tertiary/aromatic N) is 1. The zero-order valence-corrected chi connectivity index (χ0v) is 15.4. The lowest BCUT2D eigenvalue weighted by Crippen LogP contribution is -2.62. The Balaban J connectivity index is 2.18. The number of halogens is 8. The summed E-state index contributed by atoms with van der Waals surface area (Å²) in [4.78, 5) is 1.95. The number of hydrogen-bond acceptors (Lipinski definition) is 4. The van der Waals surface area contributed by atoms with Crippen LogP contribution in [0.25, 0.3) is 0 Å². The Hall–Kier alpha value is 0.297. The predicted octanol–water partition coefficient (Wildman–Crippen LogP) is 2.87. The van der Waals surface area contributed by atoms with Gasteiger partial charge in [-0.3, -0.25) is 4.90 Å². The summed E-state index contributed by atoms with van der Waals surface area (Å²) in [6, 6.07) is 0. The van der Waals surface area contributed by atoms with Gasteiger partial charge in [0.05, 0.1) is 23.4 Å². The second-order valence-electron chi connectivity index (χ2n) is 5.44. The van der Waals surface area contributed by atoms with E-state index in [1.165, 1.54) is 22.6 Å². The zero-order chi connectivity index (χ0) is 18.2. The van der Waals surface area contributed by atoms with Gasteiger partial charge < -0.3 is 13.3 Å². The molecule has 3 heterocycles. The first-order valence-corrected chi connectivity index (χ1v) is 10.1. The van der Waals surface area contributed by atoms with E-state index in [0.717, 1.165) is 0 Å². The Morgan fingerprint density at radius 2 is 1.29 bits per heavy atom. The first-order valence-electron chi connectivity index (χ1n) is 7.02. The van der Waals surface area contributed by atoms with Gasteiger partial charge in [-0.05, 0) is 0 Å². The third-order valence-electron chi connectivity index (χ3n) is 3.77. The number of rotatable bonds is 4. The van der Waals surface area contributed by atoms with Crippen molar-refractivity contribution >= 4 is 31.4 Å². The molecule has 24 heavy (non-hydrogen) atoms. The van der Waals surface area contributed by atoms with Crippen molar-refractivity contribution in [3.8, 4) is 0 Å². The van der Waals surface area contributed by atoms with Crippen LogP contribution < -0.4 is 0 Å². The molecule has 3 rings (SSSR count). The molecule has 1 unspecified atom stereocenters. The minimum absolute atomic E-state index is 0.0763. The van der Waals surface area contributed by atoms with E-state index in [9.17, 15) is 30.7 Å². The molecule has 0 saturated carbocycles. The minimum Gasteiger partial charge on any atom is -0.371 e. The summed E-state index contributed by atoms with van der Waals surface area (Å²) in [7, 11) is -3.80. The molecule has 3 aliphatic rings. The van der Waals surface area contributed by atoms with Crippen molar-refractivity contribution in [3.63, 3.8) is 0 Å². The van der Waals surface area contributed by atoms with Crippen LogP contribution in [0, 0.1) is 0 Å². The van der Waals surface area contributed by atoms with Crippen LogP contribution >= 0.6 is 22.6 Å². The lowest BCUT2D eigenvalue weighted by Gasteiger charge is -2.41. The van der Waals surface area contributed by atoms with Crippen molar-refractivity contribution in [2.45, 2.75) is 28.0 Å². The summed E-state index contributed by atoms with van der Waals surface area (Å²) < 4.78 is 105. The molecule has 0 aromatic carbocycles. The Bertz CT molecular complexity index is 427. The molecule has 0 aliphatic carbocycles. The average Bonchev–Trinajstić information content (AvgIpc) is 2.34. The second-order valence-corrected chi connectivity index (χ2v) is 10.9. The molecule has 0 spiro atoms. The van der Waals surface area contributed by atoms with Gasteiger partial charge in [-0.15, -0.1) is 0 Å². The van der Waals surface area contributed by atoms with Crippen LogP contribution in [0.5, 0.6) is 0 Å². The molecule has 1 atom stereocenters. The third kappa shape index (κ3) is 4.00. The summed E-state index contributed by atoms with van der Waals surface area (Å²) in [5, 5.41) is 0. The smallest absolute Gasteiger partial charge is 0.371 e. The standard InChI is InChI=1S/C11H15F7INO3Si/c12-9(13,10(14,15)11(16,17)18)7-8(19)24-21-4-1-20(2-5-22-24)3-6-23-24/h8H,1-7H2. The first-order chi connectivity index (χ1) is 10.9. The molecule has 0 amide bonds. The lowest BCUT2D eigenvalue weighted by molar-refractivity contribution is -0.355. The summed E-state index contributed by atoms with van der Waals surface area (Å²) in [6.45, 7) is 1.69. The number of alkyl halides is 8. The molecule has 0 aromatic rings. The van der Waals surface area contributed by atoms with Crippen molar-refractivity contribution < 1.29 is 44.0 Å². The fourth-order valence-electron chi connectivity index (χ4n) is 2.37. The van der Waals surface area contributed by atoms with Crippen LogP contribution in [0.15, 0.2) is 0 Å². The van der Waals surface area contributed by atoms with Crippen molar-refractivity contribution in [2.24, 2.45) is 0 Å². The van der Waals surface area contributed by atoms with E-state index in [0.29, 0.717) is 19.6 Å². The number of hydrogen-bond donors (Lipinski definition) is 0. The monoisotopic (exact) mass is 497 g/mol. The average molecular weight is 497 g/mol.